The van der Waals surface area contributed by atoms with Crippen molar-refractivity contribution >= 4 is 23.7 Å². The van der Waals surface area contributed by atoms with Crippen LogP contribution in [0.15, 0.2) is 65.3 Å². The molecule has 1 saturated heterocycles. The Kier molecular flexibility index (Phi) is 6.03. The lowest BCUT2D eigenvalue weighted by Gasteiger charge is -2.35. The third-order valence-corrected chi connectivity index (χ3v) is 6.93. The summed E-state index contributed by atoms with van der Waals surface area (Å²) in [7, 11) is 0. The van der Waals surface area contributed by atoms with Gasteiger partial charge in [0.25, 0.3) is 5.91 Å². The van der Waals surface area contributed by atoms with Crippen LogP contribution in [-0.2, 0) is 9.53 Å². The molecule has 0 radical (unpaired) electrons. The molecule has 0 bridgehead atoms. The van der Waals surface area contributed by atoms with Crippen molar-refractivity contribution in [1.82, 2.24) is 4.90 Å². The Morgan fingerprint density at radius 2 is 1.71 bits per heavy atom. The van der Waals surface area contributed by atoms with Crippen LogP contribution in [0, 0.1) is 5.92 Å². The van der Waals surface area contributed by atoms with Crippen molar-refractivity contribution in [2.45, 2.75) is 31.7 Å². The van der Waals surface area contributed by atoms with E-state index in [1.165, 1.54) is 12.3 Å². The maximum absolute atomic E-state index is 13.1. The lowest BCUT2D eigenvalue weighted by Crippen LogP contribution is -2.46. The predicted molar refractivity (Wildman–Crippen MR) is 128 cm³/mol. The van der Waals surface area contributed by atoms with E-state index in [-0.39, 0.29) is 35.9 Å². The van der Waals surface area contributed by atoms with Crippen molar-refractivity contribution in [1.29, 1.82) is 0 Å². The fraction of sp³-hybridized carbons (Fsp3) is 0.296. The Morgan fingerprint density at radius 1 is 1.06 bits per heavy atom. The van der Waals surface area contributed by atoms with Crippen molar-refractivity contribution in [2.24, 2.45) is 5.92 Å². The number of carbonyl (C=O) groups is 3. The minimum Gasteiger partial charge on any atom is -0.481 e. The van der Waals surface area contributed by atoms with Crippen LogP contribution in [0.25, 0.3) is 11.1 Å². The fourth-order valence-corrected chi connectivity index (χ4v) is 5.15. The minimum atomic E-state index is -0.848. The number of aliphatic carboxylic acids is 1. The van der Waals surface area contributed by atoms with Crippen molar-refractivity contribution in [3.63, 3.8) is 0 Å². The molecule has 0 unspecified atom stereocenters. The molecule has 2 N–H and O–H groups in total. The quantitative estimate of drug-likeness (QED) is 0.541. The molecule has 180 valence electrons. The minimum absolute atomic E-state index is 0.000803. The van der Waals surface area contributed by atoms with Gasteiger partial charge in [0.05, 0.1) is 17.9 Å². The molecule has 1 aliphatic heterocycles. The molecule has 5 rings (SSSR count). The number of likely N-dealkylation sites (tertiary alicyclic amines) is 1. The summed E-state index contributed by atoms with van der Waals surface area (Å²) in [4.78, 5) is 38.6. The molecule has 2 amide bonds. The average molecular weight is 475 g/mol. The molecule has 3 aromatic rings. The Labute approximate surface area is 202 Å². The van der Waals surface area contributed by atoms with Gasteiger partial charge in [-0.25, -0.2) is 4.79 Å². The summed E-state index contributed by atoms with van der Waals surface area (Å²) in [5.41, 5.74) is 4.72. The monoisotopic (exact) mass is 474 g/mol. The summed E-state index contributed by atoms with van der Waals surface area (Å²) < 4.78 is 11.0. The number of hydrogen-bond donors (Lipinski definition) is 2. The Morgan fingerprint density at radius 3 is 2.34 bits per heavy atom. The normalized spacial score (nSPS) is 19.1. The van der Waals surface area contributed by atoms with Crippen molar-refractivity contribution < 1.29 is 28.6 Å². The van der Waals surface area contributed by atoms with Gasteiger partial charge in [-0.15, -0.1) is 0 Å². The number of nitrogens with zero attached hydrogens (tertiary/aromatic N) is 1. The van der Waals surface area contributed by atoms with Gasteiger partial charge in [-0.05, 0) is 42.0 Å². The molecular formula is C27H26N2O6. The van der Waals surface area contributed by atoms with E-state index >= 15 is 0 Å². The average Bonchev–Trinajstić information content (AvgIpc) is 3.44. The summed E-state index contributed by atoms with van der Waals surface area (Å²) in [5, 5.41) is 11.9. The number of fused-ring (bicyclic) bond motifs is 3. The first kappa shape index (κ1) is 22.7. The second-order valence-electron chi connectivity index (χ2n) is 9.02. The molecule has 0 saturated carbocycles. The maximum Gasteiger partial charge on any atom is 0.411 e. The summed E-state index contributed by atoms with van der Waals surface area (Å²) >= 11 is 0. The van der Waals surface area contributed by atoms with Crippen LogP contribution in [0.5, 0.6) is 0 Å². The number of nitrogens with one attached hydrogen (secondary N) is 1. The molecule has 8 heteroatoms. The molecule has 1 fully saturated rings. The smallest absolute Gasteiger partial charge is 0.411 e. The number of carboxylic acids is 1. The van der Waals surface area contributed by atoms with E-state index in [0.29, 0.717) is 19.4 Å². The van der Waals surface area contributed by atoms with Crippen LogP contribution in [0.1, 0.15) is 47.4 Å². The molecular weight excluding hydrogens is 448 g/mol. The molecule has 0 spiro atoms. The third kappa shape index (κ3) is 4.27. The van der Waals surface area contributed by atoms with Gasteiger partial charge in [-0.2, -0.15) is 0 Å². The third-order valence-electron chi connectivity index (χ3n) is 6.93. The van der Waals surface area contributed by atoms with E-state index in [9.17, 15) is 19.5 Å². The number of carbonyl (C=O) groups excluding carboxylic acids is 2. The van der Waals surface area contributed by atoms with Crippen LogP contribution in [0.3, 0.4) is 0 Å². The van der Waals surface area contributed by atoms with Crippen molar-refractivity contribution in [2.75, 3.05) is 18.5 Å². The summed E-state index contributed by atoms with van der Waals surface area (Å²) in [6.07, 6.45) is 1.40. The topological polar surface area (TPSA) is 109 Å². The van der Waals surface area contributed by atoms with Gasteiger partial charge in [-0.3, -0.25) is 14.9 Å². The zero-order chi connectivity index (χ0) is 24.5. The van der Waals surface area contributed by atoms with Crippen LogP contribution in [0.2, 0.25) is 0 Å². The lowest BCUT2D eigenvalue weighted by molar-refractivity contribution is -0.143. The van der Waals surface area contributed by atoms with E-state index in [1.54, 1.807) is 4.90 Å². The van der Waals surface area contributed by atoms with Gasteiger partial charge < -0.3 is 19.2 Å². The van der Waals surface area contributed by atoms with Crippen LogP contribution < -0.4 is 5.32 Å². The molecule has 35 heavy (non-hydrogen) atoms. The number of rotatable bonds is 5. The summed E-state index contributed by atoms with van der Waals surface area (Å²) in [5.74, 6) is -1.78. The highest BCUT2D eigenvalue weighted by Crippen LogP contribution is 2.44. The first-order chi connectivity index (χ1) is 16.9. The van der Waals surface area contributed by atoms with E-state index in [0.717, 1.165) is 22.3 Å². The van der Waals surface area contributed by atoms with E-state index in [2.05, 4.69) is 17.4 Å². The van der Waals surface area contributed by atoms with Gasteiger partial charge in [0, 0.05) is 24.6 Å². The van der Waals surface area contributed by atoms with Crippen LogP contribution in [0.4, 0.5) is 10.5 Å². The second kappa shape index (κ2) is 9.29. The Bertz CT molecular complexity index is 1240. The van der Waals surface area contributed by atoms with Crippen LogP contribution in [-0.4, -0.2) is 47.2 Å². The zero-order valence-corrected chi connectivity index (χ0v) is 19.3. The number of hydrogen-bond acceptors (Lipinski definition) is 5. The number of furan rings is 1. The van der Waals surface area contributed by atoms with E-state index < -0.39 is 18.0 Å². The first-order valence-corrected chi connectivity index (χ1v) is 11.7. The number of piperidine rings is 1. The number of anilines is 1. The number of benzene rings is 2. The number of carboxylic acid groups (broad SMARTS) is 1. The maximum atomic E-state index is 13.1. The lowest BCUT2D eigenvalue weighted by atomic mass is 9.91. The van der Waals surface area contributed by atoms with Crippen molar-refractivity contribution in [3.05, 3.63) is 77.7 Å². The zero-order valence-electron chi connectivity index (χ0n) is 19.3. The summed E-state index contributed by atoms with van der Waals surface area (Å²) in [6, 6.07) is 17.4. The van der Waals surface area contributed by atoms with Gasteiger partial charge in [0.2, 0.25) is 5.76 Å². The van der Waals surface area contributed by atoms with Gasteiger partial charge in [-0.1, -0.05) is 48.5 Å². The molecule has 8 nitrogen and oxygen atoms in total. The highest BCUT2D eigenvalue weighted by molar-refractivity contribution is 6.00. The summed E-state index contributed by atoms with van der Waals surface area (Å²) in [6.45, 7) is 2.28. The van der Waals surface area contributed by atoms with E-state index in [4.69, 9.17) is 9.15 Å². The molecule has 1 aromatic heterocycles. The Balaban J connectivity index is 1.24. The Hall–Kier alpha value is -4.07. The number of ether oxygens (including phenoxy) is 1. The first-order valence-electron chi connectivity index (χ1n) is 11.7. The predicted octanol–water partition coefficient (Wildman–Crippen LogP) is 4.97. The van der Waals surface area contributed by atoms with Gasteiger partial charge in [0.15, 0.2) is 0 Å². The fourth-order valence-electron chi connectivity index (χ4n) is 5.15. The molecule has 2 atom stereocenters. The highest BCUT2D eigenvalue weighted by Gasteiger charge is 2.35. The molecule has 2 heterocycles. The highest BCUT2D eigenvalue weighted by atomic mass is 16.5. The molecule has 1 aliphatic carbocycles. The SMILES string of the molecule is C[C@H]1C[C@@H](C(=O)O)CCN1C(=O)c1occc1NC(=O)OCC1c2ccccc2-c2ccccc21. The van der Waals surface area contributed by atoms with Crippen LogP contribution >= 0.6 is 0 Å². The largest absolute Gasteiger partial charge is 0.481 e. The van der Waals surface area contributed by atoms with Gasteiger partial charge >= 0.3 is 12.1 Å². The molecule has 2 aliphatic rings. The van der Waals surface area contributed by atoms with Crippen molar-refractivity contribution in [3.8, 4) is 11.1 Å². The second-order valence-corrected chi connectivity index (χ2v) is 9.02. The molecule has 2 aromatic carbocycles. The number of amides is 2. The van der Waals surface area contributed by atoms with E-state index in [1.807, 2.05) is 43.3 Å². The standard InChI is InChI=1S/C27H26N2O6/c1-16-14-17(26(31)32)10-12-29(16)25(30)24-23(11-13-34-24)28-27(33)35-15-22-20-8-4-2-6-18(20)19-7-3-5-9-21(19)22/h2-9,11,13,16-17,22H,10,12,14-15H2,1H3,(H,28,33)(H,31,32)/t16-,17-/m0/s1. The van der Waals surface area contributed by atoms with Gasteiger partial charge in [0.1, 0.15) is 6.61 Å².